The van der Waals surface area contributed by atoms with E-state index in [9.17, 15) is 18.0 Å². The van der Waals surface area contributed by atoms with Crippen molar-refractivity contribution in [3.05, 3.63) is 54.1 Å². The van der Waals surface area contributed by atoms with Gasteiger partial charge < -0.3 is 16.9 Å². The van der Waals surface area contributed by atoms with E-state index in [0.717, 1.165) is 11.8 Å². The van der Waals surface area contributed by atoms with E-state index in [4.69, 9.17) is 11.6 Å². The first kappa shape index (κ1) is 25.2. The number of sulfonamides is 1. The Hall–Kier alpha value is -3.42. The highest BCUT2D eigenvalue weighted by Crippen LogP contribution is 2.25. The molecule has 1 heterocycles. The molecule has 11 nitrogen and oxygen atoms in total. The van der Waals surface area contributed by atoms with Crippen LogP contribution in [0.4, 0.5) is 5.69 Å². The Kier molecular flexibility index (Phi) is 7.91. The van der Waals surface area contributed by atoms with Crippen LogP contribution in [0.15, 0.2) is 58.6 Å². The second kappa shape index (κ2) is 10.7. The molecule has 0 fully saturated rings. The molecule has 0 aliphatic carbocycles. The van der Waals surface area contributed by atoms with Gasteiger partial charge in [0.25, 0.3) is 0 Å². The first-order chi connectivity index (χ1) is 16.2. The van der Waals surface area contributed by atoms with E-state index < -0.39 is 15.9 Å². The van der Waals surface area contributed by atoms with Crippen LogP contribution in [0, 0.1) is 0 Å². The SMILES string of the molecule is CCN(CC)S(=O)(=O)c1cccc(-c2nnc(SCC(=O)Nc3ccc(C(N)=O)cc3)n2N)c1. The maximum Gasteiger partial charge on any atom is 0.248 e. The summed E-state index contributed by atoms with van der Waals surface area (Å²) in [4.78, 5) is 23.5. The third-order valence-corrected chi connectivity index (χ3v) is 7.87. The third-order valence-electron chi connectivity index (χ3n) is 4.89. The van der Waals surface area contributed by atoms with E-state index >= 15 is 0 Å². The molecule has 3 rings (SSSR count). The summed E-state index contributed by atoms with van der Waals surface area (Å²) >= 11 is 1.07. The first-order valence-electron chi connectivity index (χ1n) is 10.3. The van der Waals surface area contributed by atoms with Gasteiger partial charge in [-0.3, -0.25) is 9.59 Å². The van der Waals surface area contributed by atoms with Crippen LogP contribution in [0.5, 0.6) is 0 Å². The second-order valence-corrected chi connectivity index (χ2v) is 9.95. The lowest BCUT2D eigenvalue weighted by Gasteiger charge is -2.18. The van der Waals surface area contributed by atoms with Gasteiger partial charge in [-0.2, -0.15) is 4.31 Å². The van der Waals surface area contributed by atoms with Crippen LogP contribution < -0.4 is 16.9 Å². The van der Waals surface area contributed by atoms with Gasteiger partial charge in [-0.1, -0.05) is 37.7 Å². The number of anilines is 1. The normalized spacial score (nSPS) is 11.5. The lowest BCUT2D eigenvalue weighted by molar-refractivity contribution is -0.113. The zero-order chi connectivity index (χ0) is 24.9. The Labute approximate surface area is 201 Å². The fraction of sp³-hybridized carbons (Fsp3) is 0.238. The Morgan fingerprint density at radius 2 is 1.76 bits per heavy atom. The number of nitrogens with one attached hydrogen (secondary N) is 1. The molecular weight excluding hydrogens is 478 g/mol. The number of rotatable bonds is 10. The molecule has 2 amide bonds. The maximum absolute atomic E-state index is 12.8. The predicted molar refractivity (Wildman–Crippen MR) is 130 cm³/mol. The Morgan fingerprint density at radius 3 is 2.38 bits per heavy atom. The van der Waals surface area contributed by atoms with Crippen molar-refractivity contribution >= 4 is 39.3 Å². The highest BCUT2D eigenvalue weighted by Gasteiger charge is 2.23. The molecule has 0 atom stereocenters. The topological polar surface area (TPSA) is 166 Å². The van der Waals surface area contributed by atoms with Crippen molar-refractivity contribution in [3.8, 4) is 11.4 Å². The van der Waals surface area contributed by atoms with Crippen molar-refractivity contribution in [2.24, 2.45) is 5.73 Å². The number of hydrogen-bond acceptors (Lipinski definition) is 8. The van der Waals surface area contributed by atoms with Crippen molar-refractivity contribution in [1.29, 1.82) is 0 Å². The molecule has 180 valence electrons. The monoisotopic (exact) mass is 503 g/mol. The van der Waals surface area contributed by atoms with Crippen LogP contribution in [0.2, 0.25) is 0 Å². The average molecular weight is 504 g/mol. The van der Waals surface area contributed by atoms with Crippen LogP contribution in [0.3, 0.4) is 0 Å². The van der Waals surface area contributed by atoms with E-state index in [2.05, 4.69) is 15.5 Å². The molecule has 0 aliphatic rings. The molecule has 1 aromatic heterocycles. The number of hydrogen-bond donors (Lipinski definition) is 3. The van der Waals surface area contributed by atoms with Crippen molar-refractivity contribution in [1.82, 2.24) is 19.2 Å². The minimum atomic E-state index is -3.65. The van der Waals surface area contributed by atoms with Crippen molar-refractivity contribution in [2.45, 2.75) is 23.9 Å². The van der Waals surface area contributed by atoms with E-state index in [1.807, 2.05) is 0 Å². The maximum atomic E-state index is 12.8. The van der Waals surface area contributed by atoms with Gasteiger partial charge in [-0.25, -0.2) is 13.1 Å². The molecule has 0 saturated heterocycles. The molecule has 0 spiro atoms. The number of nitrogens with zero attached hydrogens (tertiary/aromatic N) is 4. The van der Waals surface area contributed by atoms with Crippen LogP contribution in [0.25, 0.3) is 11.4 Å². The predicted octanol–water partition coefficient (Wildman–Crippen LogP) is 1.52. The average Bonchev–Trinajstić information content (AvgIpc) is 3.19. The fourth-order valence-electron chi connectivity index (χ4n) is 3.13. The van der Waals surface area contributed by atoms with Gasteiger partial charge in [0.2, 0.25) is 27.0 Å². The Morgan fingerprint density at radius 1 is 1.09 bits per heavy atom. The summed E-state index contributed by atoms with van der Waals surface area (Å²) in [6.45, 7) is 4.26. The smallest absolute Gasteiger partial charge is 0.248 e. The number of carbonyl (C=O) groups is 2. The fourth-order valence-corrected chi connectivity index (χ4v) is 5.29. The first-order valence-corrected chi connectivity index (χ1v) is 12.7. The van der Waals surface area contributed by atoms with Gasteiger partial charge in [0.15, 0.2) is 5.82 Å². The van der Waals surface area contributed by atoms with E-state index in [0.29, 0.717) is 29.9 Å². The van der Waals surface area contributed by atoms with E-state index in [-0.39, 0.29) is 27.5 Å². The van der Waals surface area contributed by atoms with E-state index in [1.54, 1.807) is 38.1 Å². The van der Waals surface area contributed by atoms with Crippen molar-refractivity contribution in [3.63, 3.8) is 0 Å². The second-order valence-electron chi connectivity index (χ2n) is 7.07. The van der Waals surface area contributed by atoms with Crippen LogP contribution in [0.1, 0.15) is 24.2 Å². The number of primary amides is 1. The molecule has 0 saturated carbocycles. The molecule has 0 bridgehead atoms. The summed E-state index contributed by atoms with van der Waals surface area (Å²) in [5.41, 5.74) is 6.53. The molecule has 0 unspecified atom stereocenters. The van der Waals surface area contributed by atoms with Gasteiger partial charge in [0.05, 0.1) is 10.6 Å². The van der Waals surface area contributed by atoms with Gasteiger partial charge in [0.1, 0.15) is 0 Å². The molecule has 13 heteroatoms. The summed E-state index contributed by atoms with van der Waals surface area (Å²) in [7, 11) is -3.65. The number of nitrogens with two attached hydrogens (primary N) is 2. The summed E-state index contributed by atoms with van der Waals surface area (Å²) in [5.74, 6) is 5.53. The number of nitrogen functional groups attached to an aromatic ring is 1. The van der Waals surface area contributed by atoms with Gasteiger partial charge in [-0.15, -0.1) is 10.2 Å². The molecule has 0 aliphatic heterocycles. The molecular formula is C21H25N7O4S2. The number of benzene rings is 2. The van der Waals surface area contributed by atoms with Crippen LogP contribution in [-0.2, 0) is 14.8 Å². The lowest BCUT2D eigenvalue weighted by atomic mass is 10.2. The zero-order valence-corrected chi connectivity index (χ0v) is 20.3. The Bertz CT molecular complexity index is 1290. The van der Waals surface area contributed by atoms with Crippen LogP contribution in [-0.4, -0.2) is 58.3 Å². The van der Waals surface area contributed by atoms with Gasteiger partial charge in [-0.05, 0) is 36.4 Å². The minimum absolute atomic E-state index is 0.00326. The molecule has 3 aromatic rings. The number of aromatic nitrogens is 3. The van der Waals surface area contributed by atoms with Gasteiger partial charge in [0, 0.05) is 29.9 Å². The highest BCUT2D eigenvalue weighted by molar-refractivity contribution is 7.99. The summed E-state index contributed by atoms with van der Waals surface area (Å²) in [6.07, 6.45) is 0. The van der Waals surface area contributed by atoms with Crippen LogP contribution >= 0.6 is 11.8 Å². The minimum Gasteiger partial charge on any atom is -0.366 e. The van der Waals surface area contributed by atoms with Crippen molar-refractivity contribution in [2.75, 3.05) is 30.0 Å². The van der Waals surface area contributed by atoms with Crippen molar-refractivity contribution < 1.29 is 18.0 Å². The number of carbonyl (C=O) groups excluding carboxylic acids is 2. The standard InChI is InChI=1S/C21H25N7O4S2/c1-3-27(4-2)34(31,32)17-7-5-6-15(12-17)20-25-26-21(28(20)23)33-13-18(29)24-16-10-8-14(9-11-16)19(22)30/h5-12H,3-4,13,23H2,1-2H3,(H2,22,30)(H,24,29). The number of amides is 2. The largest absolute Gasteiger partial charge is 0.366 e. The third kappa shape index (κ3) is 5.55. The quantitative estimate of drug-likeness (QED) is 0.276. The molecule has 0 radical (unpaired) electrons. The highest BCUT2D eigenvalue weighted by atomic mass is 32.2. The van der Waals surface area contributed by atoms with Gasteiger partial charge >= 0.3 is 0 Å². The number of thioether (sulfide) groups is 1. The lowest BCUT2D eigenvalue weighted by Crippen LogP contribution is -2.30. The molecule has 2 aromatic carbocycles. The van der Waals surface area contributed by atoms with E-state index in [1.165, 1.54) is 33.2 Å². The zero-order valence-electron chi connectivity index (χ0n) is 18.6. The Balaban J connectivity index is 1.70. The summed E-state index contributed by atoms with van der Waals surface area (Å²) < 4.78 is 28.2. The summed E-state index contributed by atoms with van der Waals surface area (Å²) in [6, 6.07) is 12.5. The molecule has 34 heavy (non-hydrogen) atoms. The molecule has 5 N–H and O–H groups in total. The summed E-state index contributed by atoms with van der Waals surface area (Å²) in [5, 5.41) is 11.1.